The molecule has 0 unspecified atom stereocenters. The summed E-state index contributed by atoms with van der Waals surface area (Å²) in [4.78, 5) is 12.5. The van der Waals surface area contributed by atoms with Crippen molar-refractivity contribution in [2.75, 3.05) is 11.5 Å². The lowest BCUT2D eigenvalue weighted by molar-refractivity contribution is 0.483. The Morgan fingerprint density at radius 3 is 2.24 bits per heavy atom. The van der Waals surface area contributed by atoms with E-state index in [0.717, 1.165) is 16.9 Å². The number of anilines is 2. The molecule has 140 valence electrons. The summed E-state index contributed by atoms with van der Waals surface area (Å²) in [6, 6.07) is 20.7. The molecule has 0 saturated carbocycles. The first kappa shape index (κ1) is 18.0. The Morgan fingerprint density at radius 1 is 0.759 bits per heavy atom. The molecule has 6 nitrogen and oxygen atoms in total. The largest absolute Gasteiger partial charge is 0.457 e. The quantitative estimate of drug-likeness (QED) is 0.524. The summed E-state index contributed by atoms with van der Waals surface area (Å²) >= 11 is 0. The first-order chi connectivity index (χ1) is 14.2. The average Bonchev–Trinajstić information content (AvgIpc) is 2.75. The minimum absolute atomic E-state index is 0.0917. The van der Waals surface area contributed by atoms with Gasteiger partial charge < -0.3 is 16.2 Å². The number of benzene rings is 2. The molecule has 2 aromatic carbocycles. The molecule has 2 aromatic heterocycles. The second-order valence-electron chi connectivity index (χ2n) is 6.12. The second kappa shape index (κ2) is 8.11. The minimum atomic E-state index is 0.0917. The molecule has 0 amide bonds. The van der Waals surface area contributed by atoms with E-state index in [1.165, 1.54) is 0 Å². The van der Waals surface area contributed by atoms with Crippen molar-refractivity contribution >= 4 is 11.8 Å². The molecule has 0 bridgehead atoms. The van der Waals surface area contributed by atoms with Gasteiger partial charge in [0.25, 0.3) is 0 Å². The highest BCUT2D eigenvalue weighted by Crippen LogP contribution is 2.28. The third kappa shape index (κ3) is 4.31. The fourth-order valence-electron chi connectivity index (χ4n) is 2.71. The Morgan fingerprint density at radius 2 is 1.52 bits per heavy atom. The molecule has 0 atom stereocenters. The Bertz CT molecular complexity index is 1180. The molecule has 6 heteroatoms. The molecule has 4 rings (SSSR count). The second-order valence-corrected chi connectivity index (χ2v) is 6.12. The van der Waals surface area contributed by atoms with Crippen LogP contribution in [0.25, 0.3) is 11.3 Å². The van der Waals surface area contributed by atoms with E-state index in [1.807, 2.05) is 66.7 Å². The van der Waals surface area contributed by atoms with Crippen molar-refractivity contribution in [1.82, 2.24) is 15.0 Å². The number of rotatable bonds is 3. The number of ether oxygens (including phenoxy) is 1. The van der Waals surface area contributed by atoms with Gasteiger partial charge in [0.15, 0.2) is 0 Å². The van der Waals surface area contributed by atoms with Crippen LogP contribution in [0.4, 0.5) is 11.8 Å². The van der Waals surface area contributed by atoms with Crippen molar-refractivity contribution in [3.05, 3.63) is 90.3 Å². The van der Waals surface area contributed by atoms with E-state index in [2.05, 4.69) is 26.8 Å². The van der Waals surface area contributed by atoms with Crippen molar-refractivity contribution < 1.29 is 4.74 Å². The Balaban J connectivity index is 1.68. The molecular weight excluding hydrogens is 362 g/mol. The third-order valence-corrected chi connectivity index (χ3v) is 4.05. The zero-order chi connectivity index (χ0) is 20.1. The number of pyridine rings is 1. The maximum Gasteiger partial charge on any atom is 0.222 e. The highest BCUT2D eigenvalue weighted by molar-refractivity contribution is 5.74. The fraction of sp³-hybridized carbons (Fsp3) is 0. The van der Waals surface area contributed by atoms with Crippen LogP contribution in [0.15, 0.2) is 79.1 Å². The van der Waals surface area contributed by atoms with E-state index in [9.17, 15) is 0 Å². The maximum atomic E-state index is 6.08. The Labute approximate surface area is 168 Å². The van der Waals surface area contributed by atoms with Gasteiger partial charge in [0.1, 0.15) is 17.3 Å². The van der Waals surface area contributed by atoms with Crippen molar-refractivity contribution in [1.29, 1.82) is 0 Å². The summed E-state index contributed by atoms with van der Waals surface area (Å²) in [5.74, 6) is 7.88. The summed E-state index contributed by atoms with van der Waals surface area (Å²) in [7, 11) is 0. The van der Waals surface area contributed by atoms with Crippen LogP contribution in [0.5, 0.6) is 11.5 Å². The predicted octanol–water partition coefficient (Wildman–Crippen LogP) is 3.90. The van der Waals surface area contributed by atoms with Crippen molar-refractivity contribution in [3.63, 3.8) is 0 Å². The zero-order valence-corrected chi connectivity index (χ0v) is 15.4. The molecule has 0 aliphatic carbocycles. The molecular formula is C23H17N5O. The highest BCUT2D eigenvalue weighted by atomic mass is 16.5. The number of hydrogen-bond donors (Lipinski definition) is 2. The lowest BCUT2D eigenvalue weighted by Crippen LogP contribution is -2.05. The monoisotopic (exact) mass is 379 g/mol. The normalized spacial score (nSPS) is 10.1. The van der Waals surface area contributed by atoms with Gasteiger partial charge in [0.05, 0.1) is 11.3 Å². The molecule has 4 aromatic rings. The van der Waals surface area contributed by atoms with Crippen LogP contribution in [-0.2, 0) is 0 Å². The highest BCUT2D eigenvalue weighted by Gasteiger charge is 2.12. The molecule has 0 aliphatic rings. The van der Waals surface area contributed by atoms with Crippen LogP contribution >= 0.6 is 0 Å². The number of aromatic nitrogens is 3. The van der Waals surface area contributed by atoms with E-state index < -0.39 is 0 Å². The molecule has 0 fully saturated rings. The van der Waals surface area contributed by atoms with Crippen LogP contribution < -0.4 is 16.2 Å². The molecule has 29 heavy (non-hydrogen) atoms. The summed E-state index contributed by atoms with van der Waals surface area (Å²) < 4.78 is 5.84. The van der Waals surface area contributed by atoms with Crippen molar-refractivity contribution in [3.8, 4) is 34.6 Å². The van der Waals surface area contributed by atoms with Gasteiger partial charge in [-0.3, -0.25) is 4.98 Å². The summed E-state index contributed by atoms with van der Waals surface area (Å²) in [6.07, 6.45) is 3.37. The van der Waals surface area contributed by atoms with Crippen LogP contribution in [0.1, 0.15) is 11.1 Å². The number of nitrogen functional groups attached to an aromatic ring is 2. The standard InChI is InChI=1S/C23H17N5O/c24-22-20(13-8-16-5-4-14-26-15-16)21(27-23(25)28-22)17-9-11-19(12-10-17)29-18-6-2-1-3-7-18/h1-7,9-12,14-15H,(H4,24,25,27,28). The van der Waals surface area contributed by atoms with Crippen LogP contribution in [-0.4, -0.2) is 15.0 Å². The lowest BCUT2D eigenvalue weighted by atomic mass is 10.1. The molecule has 2 heterocycles. The van der Waals surface area contributed by atoms with E-state index in [0.29, 0.717) is 17.0 Å². The summed E-state index contributed by atoms with van der Waals surface area (Å²) in [5, 5.41) is 0. The van der Waals surface area contributed by atoms with Gasteiger partial charge in [-0.05, 0) is 48.5 Å². The predicted molar refractivity (Wildman–Crippen MR) is 113 cm³/mol. The van der Waals surface area contributed by atoms with E-state index in [-0.39, 0.29) is 11.8 Å². The summed E-state index contributed by atoms with van der Waals surface area (Å²) in [5.41, 5.74) is 14.6. The van der Waals surface area contributed by atoms with Crippen LogP contribution in [0.3, 0.4) is 0 Å². The van der Waals surface area contributed by atoms with Gasteiger partial charge in [-0.25, -0.2) is 4.98 Å². The van der Waals surface area contributed by atoms with Gasteiger partial charge in [0.2, 0.25) is 5.95 Å². The molecule has 0 aliphatic heterocycles. The number of hydrogen-bond acceptors (Lipinski definition) is 6. The molecule has 0 radical (unpaired) electrons. The first-order valence-corrected chi connectivity index (χ1v) is 8.87. The number of nitrogens with two attached hydrogens (primary N) is 2. The SMILES string of the molecule is Nc1nc(N)c(C#Cc2cccnc2)c(-c2ccc(Oc3ccccc3)cc2)n1. The molecule has 4 N–H and O–H groups in total. The summed E-state index contributed by atoms with van der Waals surface area (Å²) in [6.45, 7) is 0. The lowest BCUT2D eigenvalue weighted by Gasteiger charge is -2.09. The zero-order valence-electron chi connectivity index (χ0n) is 15.4. The topological polar surface area (TPSA) is 99.9 Å². The van der Waals surface area contributed by atoms with Gasteiger partial charge in [0, 0.05) is 23.5 Å². The fourth-order valence-corrected chi connectivity index (χ4v) is 2.71. The van der Waals surface area contributed by atoms with Gasteiger partial charge in [-0.1, -0.05) is 30.0 Å². The number of nitrogens with zero attached hydrogens (tertiary/aromatic N) is 3. The van der Waals surface area contributed by atoms with Gasteiger partial charge in [-0.15, -0.1) is 0 Å². The third-order valence-electron chi connectivity index (χ3n) is 4.05. The molecule has 0 spiro atoms. The smallest absolute Gasteiger partial charge is 0.222 e. The van der Waals surface area contributed by atoms with E-state index in [4.69, 9.17) is 16.2 Å². The van der Waals surface area contributed by atoms with Crippen molar-refractivity contribution in [2.45, 2.75) is 0 Å². The Kier molecular flexibility index (Phi) is 5.04. The minimum Gasteiger partial charge on any atom is -0.457 e. The van der Waals surface area contributed by atoms with Crippen molar-refractivity contribution in [2.24, 2.45) is 0 Å². The number of para-hydroxylation sites is 1. The van der Waals surface area contributed by atoms with E-state index >= 15 is 0 Å². The van der Waals surface area contributed by atoms with Gasteiger partial charge in [-0.2, -0.15) is 4.98 Å². The first-order valence-electron chi connectivity index (χ1n) is 8.87. The van der Waals surface area contributed by atoms with E-state index in [1.54, 1.807) is 12.4 Å². The maximum absolute atomic E-state index is 6.08. The Hall–Kier alpha value is -4.37. The molecule has 0 saturated heterocycles. The van der Waals surface area contributed by atoms with Gasteiger partial charge >= 0.3 is 0 Å². The van der Waals surface area contributed by atoms with Crippen LogP contribution in [0.2, 0.25) is 0 Å². The average molecular weight is 379 g/mol. The van der Waals surface area contributed by atoms with Crippen LogP contribution in [0, 0.1) is 11.8 Å².